The lowest BCUT2D eigenvalue weighted by atomic mass is 10.0. The van der Waals surface area contributed by atoms with Crippen LogP contribution >= 0.6 is 11.8 Å². The molecule has 1 unspecified atom stereocenters. The fourth-order valence-electron chi connectivity index (χ4n) is 2.09. The summed E-state index contributed by atoms with van der Waals surface area (Å²) in [5, 5.41) is 18.3. The Morgan fingerprint density at radius 2 is 2.10 bits per heavy atom. The van der Waals surface area contributed by atoms with Crippen LogP contribution in [0, 0.1) is 0 Å². The molecular formula is C13H11N3O3S. The minimum Gasteiger partial charge on any atom is -0.478 e. The number of fused-ring (bicyclic) bond motifs is 1. The number of H-pyrrole nitrogens is 1. The Kier molecular flexibility index (Phi) is 3.19. The van der Waals surface area contributed by atoms with Gasteiger partial charge in [0.15, 0.2) is 0 Å². The van der Waals surface area contributed by atoms with E-state index in [2.05, 4.69) is 15.5 Å². The number of carbonyl (C=O) groups excluding carboxylic acids is 1. The van der Waals surface area contributed by atoms with Crippen LogP contribution in [0.2, 0.25) is 0 Å². The number of carboxylic acid groups (broad SMARTS) is 1. The zero-order chi connectivity index (χ0) is 14.1. The maximum Gasteiger partial charge on any atom is 0.335 e. The highest BCUT2D eigenvalue weighted by Gasteiger charge is 2.25. The number of nitrogens with one attached hydrogen (secondary N) is 2. The monoisotopic (exact) mass is 289 g/mol. The number of hydrogen-bond acceptors (Lipinski definition) is 4. The molecule has 1 aromatic heterocycles. The van der Waals surface area contributed by atoms with E-state index in [1.54, 1.807) is 30.5 Å². The van der Waals surface area contributed by atoms with Crippen molar-refractivity contribution >= 4 is 29.5 Å². The van der Waals surface area contributed by atoms with E-state index in [0.29, 0.717) is 11.6 Å². The molecule has 0 spiro atoms. The summed E-state index contributed by atoms with van der Waals surface area (Å²) in [5.74, 6) is -0.0863. The number of aromatic nitrogens is 2. The molecule has 1 aliphatic rings. The van der Waals surface area contributed by atoms with E-state index in [9.17, 15) is 9.59 Å². The van der Waals surface area contributed by atoms with Crippen LogP contribution in [-0.4, -0.2) is 32.9 Å². The van der Waals surface area contributed by atoms with Gasteiger partial charge in [0.2, 0.25) is 5.91 Å². The van der Waals surface area contributed by atoms with E-state index in [1.165, 1.54) is 11.8 Å². The summed E-state index contributed by atoms with van der Waals surface area (Å²) in [7, 11) is 0. The lowest BCUT2D eigenvalue weighted by molar-refractivity contribution is -0.113. The van der Waals surface area contributed by atoms with Crippen LogP contribution < -0.4 is 5.32 Å². The van der Waals surface area contributed by atoms with E-state index in [4.69, 9.17) is 5.11 Å². The Bertz CT molecular complexity index is 666. The van der Waals surface area contributed by atoms with Gasteiger partial charge in [0.1, 0.15) is 5.82 Å². The van der Waals surface area contributed by atoms with E-state index in [-0.39, 0.29) is 16.7 Å². The molecule has 1 aromatic carbocycles. The van der Waals surface area contributed by atoms with Gasteiger partial charge in [-0.3, -0.25) is 9.89 Å². The number of amides is 1. The SMILES string of the molecule is O=C1CSC(c2ccc(C(=O)O)cc2)c2cn[nH]c2N1. The Labute approximate surface area is 118 Å². The summed E-state index contributed by atoms with van der Waals surface area (Å²) in [4.78, 5) is 22.5. The molecule has 0 aliphatic carbocycles. The van der Waals surface area contributed by atoms with Gasteiger partial charge in [-0.1, -0.05) is 12.1 Å². The van der Waals surface area contributed by atoms with Crippen LogP contribution in [0.1, 0.15) is 26.7 Å². The number of benzene rings is 1. The Hall–Kier alpha value is -2.28. The van der Waals surface area contributed by atoms with Crippen molar-refractivity contribution in [3.05, 3.63) is 47.2 Å². The quantitative estimate of drug-likeness (QED) is 0.784. The van der Waals surface area contributed by atoms with Gasteiger partial charge in [0.25, 0.3) is 0 Å². The van der Waals surface area contributed by atoms with Crippen molar-refractivity contribution in [3.63, 3.8) is 0 Å². The number of anilines is 1. The summed E-state index contributed by atoms with van der Waals surface area (Å²) in [5.41, 5.74) is 2.08. The molecule has 3 N–H and O–H groups in total. The van der Waals surface area contributed by atoms with Gasteiger partial charge in [-0.05, 0) is 17.7 Å². The number of hydrogen-bond donors (Lipinski definition) is 3. The average Bonchev–Trinajstić information content (AvgIpc) is 2.81. The second kappa shape index (κ2) is 5.01. The van der Waals surface area contributed by atoms with E-state index < -0.39 is 5.97 Å². The Balaban J connectivity index is 1.97. The topological polar surface area (TPSA) is 95.1 Å². The molecule has 20 heavy (non-hydrogen) atoms. The van der Waals surface area contributed by atoms with Gasteiger partial charge in [0.05, 0.1) is 22.8 Å². The number of thioether (sulfide) groups is 1. The lowest BCUT2D eigenvalue weighted by Gasteiger charge is -2.13. The van der Waals surface area contributed by atoms with Gasteiger partial charge in [-0.15, -0.1) is 11.8 Å². The molecular weight excluding hydrogens is 278 g/mol. The number of nitrogens with zero attached hydrogens (tertiary/aromatic N) is 1. The third-order valence-electron chi connectivity index (χ3n) is 3.06. The summed E-state index contributed by atoms with van der Waals surface area (Å²) >= 11 is 1.49. The summed E-state index contributed by atoms with van der Waals surface area (Å²) < 4.78 is 0. The minimum absolute atomic E-state index is 0.0504. The molecule has 1 atom stereocenters. The lowest BCUT2D eigenvalue weighted by Crippen LogP contribution is -2.12. The molecule has 0 bridgehead atoms. The minimum atomic E-state index is -0.953. The molecule has 0 radical (unpaired) electrons. The van der Waals surface area contributed by atoms with Crippen molar-refractivity contribution in [2.24, 2.45) is 0 Å². The number of aromatic carboxylic acids is 1. The maximum absolute atomic E-state index is 11.6. The average molecular weight is 289 g/mol. The second-order valence-electron chi connectivity index (χ2n) is 4.37. The molecule has 0 saturated heterocycles. The first kappa shape index (κ1) is 12.7. The molecule has 102 valence electrons. The highest BCUT2D eigenvalue weighted by molar-refractivity contribution is 8.00. The molecule has 1 amide bonds. The number of carboxylic acids is 1. The predicted molar refractivity (Wildman–Crippen MR) is 74.9 cm³/mol. The van der Waals surface area contributed by atoms with Crippen molar-refractivity contribution in [2.45, 2.75) is 5.25 Å². The van der Waals surface area contributed by atoms with Crippen molar-refractivity contribution in [1.29, 1.82) is 0 Å². The van der Waals surface area contributed by atoms with Gasteiger partial charge in [0, 0.05) is 5.56 Å². The van der Waals surface area contributed by atoms with Crippen LogP contribution in [0.15, 0.2) is 30.5 Å². The number of carbonyl (C=O) groups is 2. The molecule has 2 aromatic rings. The molecule has 7 heteroatoms. The third-order valence-corrected chi connectivity index (χ3v) is 4.35. The van der Waals surface area contributed by atoms with Crippen LogP contribution in [-0.2, 0) is 4.79 Å². The summed E-state index contributed by atoms with van der Waals surface area (Å²) in [6.45, 7) is 0. The van der Waals surface area contributed by atoms with E-state index in [1.807, 2.05) is 0 Å². The van der Waals surface area contributed by atoms with Gasteiger partial charge < -0.3 is 10.4 Å². The standard InChI is InChI=1S/C13H11N3O3S/c17-10-6-20-11(9-5-14-16-12(9)15-10)7-1-3-8(4-2-7)13(18)19/h1-5,11H,6H2,(H,18,19)(H2,14,15,16,17). The second-order valence-corrected chi connectivity index (χ2v) is 5.46. The van der Waals surface area contributed by atoms with Crippen LogP contribution in [0.5, 0.6) is 0 Å². The van der Waals surface area contributed by atoms with Crippen molar-refractivity contribution in [2.75, 3.05) is 11.1 Å². The van der Waals surface area contributed by atoms with E-state index >= 15 is 0 Å². The first-order chi connectivity index (χ1) is 9.65. The van der Waals surface area contributed by atoms with E-state index in [0.717, 1.165) is 11.1 Å². The number of rotatable bonds is 2. The Morgan fingerprint density at radius 1 is 1.35 bits per heavy atom. The maximum atomic E-state index is 11.6. The Morgan fingerprint density at radius 3 is 2.80 bits per heavy atom. The van der Waals surface area contributed by atoms with Crippen molar-refractivity contribution in [1.82, 2.24) is 10.2 Å². The first-order valence-electron chi connectivity index (χ1n) is 5.93. The molecule has 3 rings (SSSR count). The van der Waals surface area contributed by atoms with Crippen molar-refractivity contribution < 1.29 is 14.7 Å². The van der Waals surface area contributed by atoms with Gasteiger partial charge in [-0.25, -0.2) is 4.79 Å². The van der Waals surface area contributed by atoms with Gasteiger partial charge in [-0.2, -0.15) is 5.10 Å². The van der Waals surface area contributed by atoms with Crippen molar-refractivity contribution in [3.8, 4) is 0 Å². The number of aromatic amines is 1. The molecule has 0 fully saturated rings. The molecule has 1 aliphatic heterocycles. The zero-order valence-corrected chi connectivity index (χ0v) is 11.1. The molecule has 6 nitrogen and oxygen atoms in total. The summed E-state index contributed by atoms with van der Waals surface area (Å²) in [6.07, 6.45) is 1.68. The van der Waals surface area contributed by atoms with Crippen LogP contribution in [0.3, 0.4) is 0 Å². The molecule has 0 saturated carbocycles. The highest BCUT2D eigenvalue weighted by atomic mass is 32.2. The van der Waals surface area contributed by atoms with Crippen LogP contribution in [0.25, 0.3) is 0 Å². The predicted octanol–water partition coefficient (Wildman–Crippen LogP) is 1.88. The van der Waals surface area contributed by atoms with Gasteiger partial charge >= 0.3 is 5.97 Å². The summed E-state index contributed by atoms with van der Waals surface area (Å²) in [6, 6.07) is 6.68. The fourth-order valence-corrected chi connectivity index (χ4v) is 3.19. The normalized spacial score (nSPS) is 18.0. The third kappa shape index (κ3) is 2.27. The van der Waals surface area contributed by atoms with Crippen LogP contribution in [0.4, 0.5) is 5.82 Å². The largest absolute Gasteiger partial charge is 0.478 e. The molecule has 2 heterocycles. The zero-order valence-electron chi connectivity index (χ0n) is 10.3. The highest BCUT2D eigenvalue weighted by Crippen LogP contribution is 2.40. The smallest absolute Gasteiger partial charge is 0.335 e. The first-order valence-corrected chi connectivity index (χ1v) is 6.98. The fraction of sp³-hybridized carbons (Fsp3) is 0.154.